The standard InChI is InChI=1S/C16H33N3O2.HI/c1-14-7-4-5-8-15(14)13-19-16(17-2)18-9-6-10-21-12-11-20-3;/h14-15H,4-13H2,1-3H3,(H2,17,18,19);1H. The van der Waals surface area contributed by atoms with Gasteiger partial charge >= 0.3 is 0 Å². The second kappa shape index (κ2) is 14.5. The molecule has 6 heteroatoms. The number of hydrogen-bond donors (Lipinski definition) is 2. The minimum atomic E-state index is 0. The van der Waals surface area contributed by atoms with Gasteiger partial charge in [0.25, 0.3) is 0 Å². The number of methoxy groups -OCH3 is 1. The van der Waals surface area contributed by atoms with E-state index < -0.39 is 0 Å². The molecule has 1 aliphatic carbocycles. The van der Waals surface area contributed by atoms with E-state index in [1.807, 2.05) is 7.05 Å². The molecule has 0 aromatic carbocycles. The average molecular weight is 427 g/mol. The molecule has 0 bridgehead atoms. The molecule has 0 aromatic rings. The maximum atomic E-state index is 5.43. The van der Waals surface area contributed by atoms with Crippen molar-refractivity contribution >= 4 is 29.9 Å². The van der Waals surface area contributed by atoms with Crippen molar-refractivity contribution in [3.63, 3.8) is 0 Å². The molecule has 2 N–H and O–H groups in total. The van der Waals surface area contributed by atoms with Gasteiger partial charge < -0.3 is 20.1 Å². The summed E-state index contributed by atoms with van der Waals surface area (Å²) in [6, 6.07) is 0. The average Bonchev–Trinajstić information content (AvgIpc) is 2.51. The molecule has 1 rings (SSSR count). The van der Waals surface area contributed by atoms with Crippen LogP contribution in [0.3, 0.4) is 0 Å². The highest BCUT2D eigenvalue weighted by molar-refractivity contribution is 14.0. The maximum absolute atomic E-state index is 5.43. The highest BCUT2D eigenvalue weighted by Crippen LogP contribution is 2.28. The van der Waals surface area contributed by atoms with E-state index in [-0.39, 0.29) is 24.0 Å². The molecule has 22 heavy (non-hydrogen) atoms. The third-order valence-corrected chi connectivity index (χ3v) is 4.23. The number of nitrogens with zero attached hydrogens (tertiary/aromatic N) is 1. The fourth-order valence-electron chi connectivity index (χ4n) is 2.77. The minimum absolute atomic E-state index is 0. The van der Waals surface area contributed by atoms with Gasteiger partial charge in [-0.2, -0.15) is 0 Å². The summed E-state index contributed by atoms with van der Waals surface area (Å²) in [7, 11) is 3.52. The Balaban J connectivity index is 0.00000441. The Morgan fingerprint density at radius 1 is 1.14 bits per heavy atom. The lowest BCUT2D eigenvalue weighted by Gasteiger charge is -2.29. The van der Waals surface area contributed by atoms with Crippen LogP contribution in [0.5, 0.6) is 0 Å². The first-order chi connectivity index (χ1) is 10.3. The largest absolute Gasteiger partial charge is 0.382 e. The molecule has 0 radical (unpaired) electrons. The van der Waals surface area contributed by atoms with Crippen LogP contribution in [0.1, 0.15) is 39.0 Å². The predicted octanol–water partition coefficient (Wildman–Crippen LogP) is 2.65. The van der Waals surface area contributed by atoms with E-state index in [9.17, 15) is 0 Å². The second-order valence-electron chi connectivity index (χ2n) is 5.86. The Labute approximate surface area is 153 Å². The smallest absolute Gasteiger partial charge is 0.190 e. The first-order valence-electron chi connectivity index (χ1n) is 8.29. The summed E-state index contributed by atoms with van der Waals surface area (Å²) in [4.78, 5) is 4.28. The van der Waals surface area contributed by atoms with E-state index in [1.54, 1.807) is 7.11 Å². The number of rotatable bonds is 9. The van der Waals surface area contributed by atoms with Crippen LogP contribution in [0.2, 0.25) is 0 Å². The van der Waals surface area contributed by atoms with Crippen LogP contribution < -0.4 is 10.6 Å². The van der Waals surface area contributed by atoms with E-state index in [0.717, 1.165) is 43.9 Å². The summed E-state index contributed by atoms with van der Waals surface area (Å²) in [5, 5.41) is 6.80. The normalized spacial score (nSPS) is 22.0. The Kier molecular flexibility index (Phi) is 14.5. The molecule has 132 valence electrons. The molecule has 0 aliphatic heterocycles. The van der Waals surface area contributed by atoms with Gasteiger partial charge in [-0.3, -0.25) is 4.99 Å². The second-order valence-corrected chi connectivity index (χ2v) is 5.86. The first kappa shape index (κ1) is 21.9. The number of hydrogen-bond acceptors (Lipinski definition) is 3. The number of ether oxygens (including phenoxy) is 2. The van der Waals surface area contributed by atoms with Gasteiger partial charge in [0.2, 0.25) is 0 Å². The molecule has 0 spiro atoms. The van der Waals surface area contributed by atoms with Crippen molar-refractivity contribution in [2.75, 3.05) is 47.1 Å². The van der Waals surface area contributed by atoms with Gasteiger partial charge in [-0.1, -0.05) is 26.2 Å². The summed E-state index contributed by atoms with van der Waals surface area (Å²) in [5.74, 6) is 2.53. The summed E-state index contributed by atoms with van der Waals surface area (Å²) in [6.07, 6.45) is 6.47. The zero-order valence-corrected chi connectivity index (χ0v) is 16.7. The lowest BCUT2D eigenvalue weighted by molar-refractivity contribution is 0.0698. The highest BCUT2D eigenvalue weighted by atomic mass is 127. The van der Waals surface area contributed by atoms with Gasteiger partial charge in [0.1, 0.15) is 0 Å². The summed E-state index contributed by atoms with van der Waals surface area (Å²) in [5.41, 5.74) is 0. The first-order valence-corrected chi connectivity index (χ1v) is 8.29. The lowest BCUT2D eigenvalue weighted by Crippen LogP contribution is -2.41. The molecular formula is C16H34IN3O2. The highest BCUT2D eigenvalue weighted by Gasteiger charge is 2.21. The Morgan fingerprint density at radius 3 is 2.59 bits per heavy atom. The van der Waals surface area contributed by atoms with Crippen molar-refractivity contribution in [1.82, 2.24) is 10.6 Å². The maximum Gasteiger partial charge on any atom is 0.190 e. The predicted molar refractivity (Wildman–Crippen MR) is 103 cm³/mol. The van der Waals surface area contributed by atoms with Crippen molar-refractivity contribution in [1.29, 1.82) is 0 Å². The Morgan fingerprint density at radius 2 is 1.91 bits per heavy atom. The molecule has 0 heterocycles. The molecule has 1 saturated carbocycles. The van der Waals surface area contributed by atoms with E-state index in [4.69, 9.17) is 9.47 Å². The van der Waals surface area contributed by atoms with Crippen LogP contribution in [-0.4, -0.2) is 53.0 Å². The van der Waals surface area contributed by atoms with Crippen molar-refractivity contribution in [3.8, 4) is 0 Å². The monoisotopic (exact) mass is 427 g/mol. The summed E-state index contributed by atoms with van der Waals surface area (Å²) < 4.78 is 10.4. The molecular weight excluding hydrogens is 393 g/mol. The van der Waals surface area contributed by atoms with Crippen molar-refractivity contribution in [2.45, 2.75) is 39.0 Å². The van der Waals surface area contributed by atoms with E-state index >= 15 is 0 Å². The van der Waals surface area contributed by atoms with Gasteiger partial charge in [0, 0.05) is 33.9 Å². The number of nitrogens with one attached hydrogen (secondary N) is 2. The molecule has 0 amide bonds. The van der Waals surface area contributed by atoms with Crippen molar-refractivity contribution < 1.29 is 9.47 Å². The SMILES string of the molecule is CN=C(NCCCOCCOC)NCC1CCCCC1C.I. The minimum Gasteiger partial charge on any atom is -0.382 e. The lowest BCUT2D eigenvalue weighted by atomic mass is 9.80. The van der Waals surface area contributed by atoms with Gasteiger partial charge in [-0.25, -0.2) is 0 Å². The molecule has 0 saturated heterocycles. The van der Waals surface area contributed by atoms with E-state index in [0.29, 0.717) is 13.2 Å². The van der Waals surface area contributed by atoms with Gasteiger partial charge in [0.05, 0.1) is 13.2 Å². The fourth-order valence-corrected chi connectivity index (χ4v) is 2.77. The van der Waals surface area contributed by atoms with Crippen molar-refractivity contribution in [2.24, 2.45) is 16.8 Å². The van der Waals surface area contributed by atoms with Gasteiger partial charge in [-0.15, -0.1) is 24.0 Å². The van der Waals surface area contributed by atoms with Crippen LogP contribution in [0.25, 0.3) is 0 Å². The molecule has 5 nitrogen and oxygen atoms in total. The molecule has 1 aliphatic rings. The number of guanidine groups is 1. The zero-order chi connectivity index (χ0) is 15.3. The van der Waals surface area contributed by atoms with Gasteiger partial charge in [-0.05, 0) is 24.7 Å². The van der Waals surface area contributed by atoms with Crippen molar-refractivity contribution in [3.05, 3.63) is 0 Å². The quantitative estimate of drug-likeness (QED) is 0.257. The van der Waals surface area contributed by atoms with Crippen LogP contribution in [0, 0.1) is 11.8 Å². The Hall–Kier alpha value is -0.0800. The third kappa shape index (κ3) is 9.84. The molecule has 2 atom stereocenters. The molecule has 0 aromatic heterocycles. The Bertz CT molecular complexity index is 291. The summed E-state index contributed by atoms with van der Waals surface area (Å²) in [6.45, 7) is 6.38. The van der Waals surface area contributed by atoms with Crippen LogP contribution in [0.4, 0.5) is 0 Å². The summed E-state index contributed by atoms with van der Waals surface area (Å²) >= 11 is 0. The van der Waals surface area contributed by atoms with Gasteiger partial charge in [0.15, 0.2) is 5.96 Å². The zero-order valence-electron chi connectivity index (χ0n) is 14.4. The third-order valence-electron chi connectivity index (χ3n) is 4.23. The molecule has 1 fully saturated rings. The van der Waals surface area contributed by atoms with Crippen LogP contribution >= 0.6 is 24.0 Å². The van der Waals surface area contributed by atoms with Crippen LogP contribution in [-0.2, 0) is 9.47 Å². The topological polar surface area (TPSA) is 54.9 Å². The number of aliphatic imine (C=N–C) groups is 1. The fraction of sp³-hybridized carbons (Fsp3) is 0.938. The van der Waals surface area contributed by atoms with E-state index in [1.165, 1.54) is 25.7 Å². The number of halogens is 1. The van der Waals surface area contributed by atoms with E-state index in [2.05, 4.69) is 22.5 Å². The molecule has 2 unspecified atom stereocenters. The van der Waals surface area contributed by atoms with Crippen LogP contribution in [0.15, 0.2) is 4.99 Å².